The molecule has 0 radical (unpaired) electrons. The first-order valence-electron chi connectivity index (χ1n) is 27.1. The number of anilines is 8. The Bertz CT molecular complexity index is 3940. The lowest BCUT2D eigenvalue weighted by Crippen LogP contribution is -2.16. The van der Waals surface area contributed by atoms with Crippen LogP contribution in [0.3, 0.4) is 0 Å². The molecule has 0 bridgehead atoms. The summed E-state index contributed by atoms with van der Waals surface area (Å²) in [5, 5.41) is 4.86. The van der Waals surface area contributed by atoms with Crippen LogP contribution in [-0.2, 0) is 0 Å². The average molecular weight is 1020 g/mol. The van der Waals surface area contributed by atoms with Gasteiger partial charge in [-0.3, -0.25) is 0 Å². The van der Waals surface area contributed by atoms with E-state index in [9.17, 15) is 0 Å². The third kappa shape index (κ3) is 11.6. The van der Waals surface area contributed by atoms with Crippen molar-refractivity contribution in [1.82, 2.24) is 0 Å². The van der Waals surface area contributed by atoms with Gasteiger partial charge in [-0.25, -0.2) is 0 Å². The molecule has 11 rings (SSSR count). The Labute approximate surface area is 466 Å². The number of hydrogen-bond donors (Lipinski definition) is 0. The van der Waals surface area contributed by atoms with Crippen LogP contribution in [-0.4, -0.2) is 0 Å². The van der Waals surface area contributed by atoms with Crippen LogP contribution in [0.15, 0.2) is 327 Å². The molecule has 384 valence electrons. The van der Waals surface area contributed by atoms with Gasteiger partial charge >= 0.3 is 0 Å². The van der Waals surface area contributed by atoms with Gasteiger partial charge < -0.3 is 19.6 Å². The maximum absolute atomic E-state index is 4.35. The highest BCUT2D eigenvalue weighted by molar-refractivity contribution is 5.89. The van der Waals surface area contributed by atoms with Gasteiger partial charge in [0.2, 0.25) is 0 Å². The lowest BCUT2D eigenvalue weighted by atomic mass is 10.0. The smallest absolute Gasteiger partial charge is 0.0464 e. The predicted octanol–water partition coefficient (Wildman–Crippen LogP) is 21.3. The minimum Gasteiger partial charge on any atom is -0.315 e. The molecule has 0 saturated carbocycles. The number of rotatable bonds is 18. The molecule has 0 spiro atoms. The molecule has 0 unspecified atom stereocenters. The molecule has 0 aromatic heterocycles. The van der Waals surface area contributed by atoms with Gasteiger partial charge in [-0.1, -0.05) is 189 Å². The predicted molar refractivity (Wildman–Crippen MR) is 340 cm³/mol. The lowest BCUT2D eigenvalue weighted by Gasteiger charge is -2.28. The molecule has 79 heavy (non-hydrogen) atoms. The van der Waals surface area contributed by atoms with Gasteiger partial charge in [0.15, 0.2) is 0 Å². The number of hydrogen-bond acceptors (Lipinski definition) is 4. The highest BCUT2D eigenvalue weighted by atomic mass is 15.2. The Hall–Kier alpha value is -9.90. The topological polar surface area (TPSA) is 13.0 Å². The summed E-state index contributed by atoms with van der Waals surface area (Å²) in [6.45, 7) is 15.0. The van der Waals surface area contributed by atoms with E-state index in [0.29, 0.717) is 6.42 Å². The summed E-state index contributed by atoms with van der Waals surface area (Å²) in [5.41, 5.74) is 18.8. The molecule has 0 aliphatic heterocycles. The van der Waals surface area contributed by atoms with Crippen LogP contribution in [0, 0.1) is 0 Å². The molecule has 0 amide bonds. The quantitative estimate of drug-likeness (QED) is 0.0794. The molecule has 0 N–H and O–H groups in total. The number of nitrogens with zero attached hydrogens (tertiary/aromatic N) is 4. The van der Waals surface area contributed by atoms with Crippen molar-refractivity contribution < 1.29 is 0 Å². The molecule has 1 aliphatic rings. The Morgan fingerprint density at radius 2 is 0.734 bits per heavy atom. The van der Waals surface area contributed by atoms with Crippen molar-refractivity contribution in [3.05, 3.63) is 327 Å². The number of benzene rings is 10. The van der Waals surface area contributed by atoms with E-state index in [1.807, 2.05) is 0 Å². The summed E-state index contributed by atoms with van der Waals surface area (Å²) >= 11 is 0. The summed E-state index contributed by atoms with van der Waals surface area (Å²) < 4.78 is 0. The summed E-state index contributed by atoms with van der Waals surface area (Å²) in [7, 11) is 0. The molecule has 10 aromatic rings. The van der Waals surface area contributed by atoms with Crippen LogP contribution in [0.4, 0.5) is 45.5 Å². The number of fused-ring (bicyclic) bond motifs is 2. The van der Waals surface area contributed by atoms with E-state index in [1.165, 1.54) is 27.1 Å². The third-order valence-corrected chi connectivity index (χ3v) is 14.6. The van der Waals surface area contributed by atoms with Crippen LogP contribution >= 0.6 is 0 Å². The van der Waals surface area contributed by atoms with Gasteiger partial charge in [-0.15, -0.1) is 0 Å². The second-order valence-electron chi connectivity index (χ2n) is 20.2. The first-order chi connectivity index (χ1) is 38.7. The minimum atomic E-state index is 0.705. The van der Waals surface area contributed by atoms with Gasteiger partial charge in [0, 0.05) is 74.7 Å². The second-order valence-corrected chi connectivity index (χ2v) is 20.2. The summed E-state index contributed by atoms with van der Waals surface area (Å²) in [5.74, 6) is 0. The van der Waals surface area contributed by atoms with Crippen LogP contribution < -0.4 is 19.6 Å². The Balaban J connectivity index is 0.829. The van der Waals surface area contributed by atoms with Crippen LogP contribution in [0.25, 0.3) is 43.8 Å². The maximum atomic E-state index is 4.35. The first kappa shape index (κ1) is 51.2. The molecule has 0 fully saturated rings. The highest BCUT2D eigenvalue weighted by Crippen LogP contribution is 2.38. The van der Waals surface area contributed by atoms with Crippen molar-refractivity contribution in [1.29, 1.82) is 0 Å². The average Bonchev–Trinajstić information content (AvgIpc) is 3.49. The zero-order valence-electron chi connectivity index (χ0n) is 45.3. The zero-order valence-corrected chi connectivity index (χ0v) is 45.3. The third-order valence-electron chi connectivity index (χ3n) is 14.6. The van der Waals surface area contributed by atoms with Gasteiger partial charge in [-0.05, 0) is 186 Å². The maximum Gasteiger partial charge on any atom is 0.0464 e. The van der Waals surface area contributed by atoms with Gasteiger partial charge in [0.1, 0.15) is 0 Å². The van der Waals surface area contributed by atoms with E-state index in [-0.39, 0.29) is 0 Å². The molecule has 0 atom stereocenters. The van der Waals surface area contributed by atoms with Crippen LogP contribution in [0.5, 0.6) is 0 Å². The zero-order chi connectivity index (χ0) is 54.1. The fourth-order valence-electron chi connectivity index (χ4n) is 10.5. The lowest BCUT2D eigenvalue weighted by molar-refractivity contribution is 1.07. The molecular weight excluding hydrogens is 957 g/mol. The first-order valence-corrected chi connectivity index (χ1v) is 27.1. The number of allylic oxidation sites excluding steroid dienone is 11. The minimum absolute atomic E-state index is 0.705. The fraction of sp³-hybridized carbons (Fsp3) is 0.0667. The van der Waals surface area contributed by atoms with E-state index in [0.717, 1.165) is 97.0 Å². The molecular formula is C75H64N4. The van der Waals surface area contributed by atoms with E-state index in [4.69, 9.17) is 0 Å². The van der Waals surface area contributed by atoms with E-state index < -0.39 is 0 Å². The SMILES string of the molecule is C=C(C)N(c1ccc(-c2ccc(N(/C(C)=C\C=C/C/C(=C/C=C3/C=CC3)N(c3ccccc3)c3ccc(-c4ccc(N(C(=C)C)c5ccc6ccccc6c5)cc4)cc3)c3ccccc3)cc2)cc1)c1ccc2ccccc2c1. The standard InChI is InChI=1S/C75H64N4/c1-55(2)76(74-51-40-59-22-13-15-24-65(59)53-74)70-43-32-61(33-44-70)63-36-47-72(48-37-63)78(67-26-8-6-9-27-67)57(5)19-12-17-30-69(42-31-58-20-18-21-58)79(68-28-10-7-11-29-68)73-49-38-64(39-50-73)62-34-45-71(46-35-62)77(56(3)4)75-52-41-60-23-14-16-25-66(60)54-75/h6-20,22-29,31-54H,1,3,21,30H2,2,4-5H3/b17-12-,57-19-,58-31-,69-42-. The van der Waals surface area contributed by atoms with Crippen molar-refractivity contribution in [3.63, 3.8) is 0 Å². The van der Waals surface area contributed by atoms with Crippen molar-refractivity contribution in [2.75, 3.05) is 19.6 Å². The Morgan fingerprint density at radius 1 is 0.380 bits per heavy atom. The highest BCUT2D eigenvalue weighted by Gasteiger charge is 2.18. The normalized spacial score (nSPS) is 12.9. The molecule has 0 heterocycles. The van der Waals surface area contributed by atoms with Gasteiger partial charge in [-0.2, -0.15) is 0 Å². The van der Waals surface area contributed by atoms with Gasteiger partial charge in [0.05, 0.1) is 0 Å². The molecule has 4 nitrogen and oxygen atoms in total. The Morgan fingerprint density at radius 3 is 1.14 bits per heavy atom. The summed E-state index contributed by atoms with van der Waals surface area (Å²) in [6.07, 6.45) is 17.3. The fourth-order valence-corrected chi connectivity index (χ4v) is 10.5. The van der Waals surface area contributed by atoms with E-state index >= 15 is 0 Å². The van der Waals surface area contributed by atoms with Crippen molar-refractivity contribution in [2.24, 2.45) is 0 Å². The number of para-hydroxylation sites is 2. The summed E-state index contributed by atoms with van der Waals surface area (Å²) in [6, 6.07) is 86.8. The van der Waals surface area contributed by atoms with Crippen molar-refractivity contribution >= 4 is 67.0 Å². The van der Waals surface area contributed by atoms with E-state index in [1.54, 1.807) is 0 Å². The van der Waals surface area contributed by atoms with Crippen molar-refractivity contribution in [2.45, 2.75) is 33.6 Å². The van der Waals surface area contributed by atoms with Crippen LogP contribution in [0.2, 0.25) is 0 Å². The van der Waals surface area contributed by atoms with Crippen molar-refractivity contribution in [3.8, 4) is 22.3 Å². The monoisotopic (exact) mass is 1020 g/mol. The summed E-state index contributed by atoms with van der Waals surface area (Å²) in [4.78, 5) is 9.14. The van der Waals surface area contributed by atoms with Crippen LogP contribution in [0.1, 0.15) is 33.6 Å². The largest absolute Gasteiger partial charge is 0.315 e. The second kappa shape index (κ2) is 23.6. The molecule has 1 aliphatic carbocycles. The molecule has 0 saturated heterocycles. The molecule has 4 heteroatoms. The Kier molecular flexibility index (Phi) is 15.3. The van der Waals surface area contributed by atoms with Gasteiger partial charge in [0.25, 0.3) is 0 Å². The molecule has 10 aromatic carbocycles. The van der Waals surface area contributed by atoms with E-state index in [2.05, 4.69) is 339 Å².